The van der Waals surface area contributed by atoms with Crippen molar-refractivity contribution in [1.82, 2.24) is 10.2 Å². The number of carbonyl (C=O) groups excluding carboxylic acids is 3. The smallest absolute Gasteiger partial charge is 0.412 e. The molecule has 1 aliphatic rings. The lowest BCUT2D eigenvalue weighted by Crippen LogP contribution is -2.59. The molecule has 0 saturated carbocycles. The number of nitrogens with one attached hydrogen (secondary N) is 1. The minimum absolute atomic E-state index is 0.0252. The molecule has 2 rings (SSSR count). The van der Waals surface area contributed by atoms with Crippen LogP contribution in [0.25, 0.3) is 0 Å². The van der Waals surface area contributed by atoms with Crippen molar-refractivity contribution in [2.24, 2.45) is 23.0 Å². The first-order valence-corrected chi connectivity index (χ1v) is 16.2. The lowest BCUT2D eigenvalue weighted by molar-refractivity contribution is -0.384. The van der Waals surface area contributed by atoms with Gasteiger partial charge in [0.05, 0.1) is 4.92 Å². The van der Waals surface area contributed by atoms with Crippen molar-refractivity contribution in [2.45, 2.75) is 85.4 Å². The number of nitrogens with zero attached hydrogens (tertiary/aromatic N) is 2. The Hall–Kier alpha value is -3.19. The maximum absolute atomic E-state index is 13.6. The number of carbonyl (C=O) groups is 3. The van der Waals surface area contributed by atoms with E-state index in [1.54, 1.807) is 25.7 Å². The first kappa shape index (κ1) is 33.0. The molecule has 1 unspecified atom stereocenters. The molecule has 1 fully saturated rings. The Morgan fingerprint density at radius 2 is 1.77 bits per heavy atom. The van der Waals surface area contributed by atoms with E-state index < -0.39 is 49.3 Å². The summed E-state index contributed by atoms with van der Waals surface area (Å²) in [6.45, 7) is 15.8. The third-order valence-corrected chi connectivity index (χ3v) is 7.65. The molecule has 224 valence electrons. The molecule has 1 saturated heterocycles. The second-order valence-electron chi connectivity index (χ2n) is 12.6. The summed E-state index contributed by atoms with van der Waals surface area (Å²) < 4.78 is 17.7. The number of hydrogen-bond donors (Lipinski definition) is 2. The Bertz CT molecular complexity index is 1070. The molecule has 3 amide bonds. The van der Waals surface area contributed by atoms with Crippen molar-refractivity contribution in [3.05, 3.63) is 39.9 Å². The fraction of sp³-hybridized carbons (Fsp3) is 0.667. The van der Waals surface area contributed by atoms with Gasteiger partial charge in [-0.05, 0) is 69.3 Å². The van der Waals surface area contributed by atoms with Crippen LogP contribution in [-0.4, -0.2) is 61.4 Å². The van der Waals surface area contributed by atoms with Gasteiger partial charge in [-0.2, -0.15) is 0 Å². The van der Waals surface area contributed by atoms with E-state index in [0.29, 0.717) is 18.5 Å². The molecule has 1 aromatic carbocycles. The van der Waals surface area contributed by atoms with Crippen molar-refractivity contribution in [3.8, 4) is 0 Å². The van der Waals surface area contributed by atoms with Crippen LogP contribution in [0.5, 0.6) is 0 Å². The number of nitrogens with two attached hydrogens (primary N) is 1. The summed E-state index contributed by atoms with van der Waals surface area (Å²) in [6.07, 6.45) is -0.999. The van der Waals surface area contributed by atoms with Crippen molar-refractivity contribution < 1.29 is 33.2 Å². The Morgan fingerprint density at radius 1 is 1.18 bits per heavy atom. The van der Waals surface area contributed by atoms with Gasteiger partial charge in [0.2, 0.25) is 5.91 Å². The summed E-state index contributed by atoms with van der Waals surface area (Å²) in [4.78, 5) is 50.4. The van der Waals surface area contributed by atoms with E-state index in [2.05, 4.69) is 26.1 Å². The van der Waals surface area contributed by atoms with E-state index >= 15 is 0 Å². The Morgan fingerprint density at radius 3 is 2.25 bits per heavy atom. The monoisotopic (exact) mass is 580 g/mol. The Balaban J connectivity index is 2.33. The molecule has 0 aliphatic carbocycles. The van der Waals surface area contributed by atoms with E-state index in [1.807, 2.05) is 13.1 Å². The zero-order valence-corrected chi connectivity index (χ0v) is 26.0. The third-order valence-electron chi connectivity index (χ3n) is 6.77. The highest BCUT2D eigenvalue weighted by Crippen LogP contribution is 2.48. The summed E-state index contributed by atoms with van der Waals surface area (Å²) in [5.74, 6) is -1.24. The van der Waals surface area contributed by atoms with Crippen molar-refractivity contribution in [1.29, 1.82) is 0 Å². The maximum atomic E-state index is 13.6. The van der Waals surface area contributed by atoms with Gasteiger partial charge in [-0.1, -0.05) is 20.8 Å². The standard InChI is InChI=1S/C27H44N4O8Si/c1-25(2,3)20-14-27(39-40(7)8,30(16-20)24(34)38-26(4,5)6)19(13-22(28)32)15-29-23(33)37-17-18-9-11-21(12-10-18)31(35)36/h9-12,19-20,40H,13-17H2,1-8H3,(H2,28,32)(H,29,33)/t19?,20-,27-/m0/s1. The lowest BCUT2D eigenvalue weighted by atomic mass is 9.77. The van der Waals surface area contributed by atoms with Gasteiger partial charge < -0.3 is 25.0 Å². The average Bonchev–Trinajstić information content (AvgIpc) is 3.19. The molecule has 3 atom stereocenters. The van der Waals surface area contributed by atoms with Crippen LogP contribution in [0.3, 0.4) is 0 Å². The first-order chi connectivity index (χ1) is 18.3. The number of benzene rings is 1. The normalized spacial score (nSPS) is 20.2. The van der Waals surface area contributed by atoms with Crippen LogP contribution >= 0.6 is 0 Å². The van der Waals surface area contributed by atoms with Gasteiger partial charge >= 0.3 is 12.2 Å². The molecule has 12 nitrogen and oxygen atoms in total. The van der Waals surface area contributed by atoms with Crippen molar-refractivity contribution in [2.75, 3.05) is 13.1 Å². The molecular weight excluding hydrogens is 536 g/mol. The van der Waals surface area contributed by atoms with Gasteiger partial charge in [0, 0.05) is 37.6 Å². The number of nitro benzene ring substituents is 1. The zero-order valence-electron chi connectivity index (χ0n) is 24.8. The number of ether oxygens (including phenoxy) is 2. The van der Waals surface area contributed by atoms with Gasteiger partial charge in [0.25, 0.3) is 5.69 Å². The number of hydrogen-bond acceptors (Lipinski definition) is 8. The largest absolute Gasteiger partial charge is 0.445 e. The SMILES string of the molecule is C[SiH](C)O[C@]1(C(CNC(=O)OCc2ccc([N+](=O)[O-])cc2)CC(N)=O)C[C@H](C(C)(C)C)CN1C(=O)OC(C)(C)C. The van der Waals surface area contributed by atoms with E-state index in [9.17, 15) is 24.5 Å². The highest BCUT2D eigenvalue weighted by atomic mass is 28.3. The van der Waals surface area contributed by atoms with Gasteiger partial charge in [-0.25, -0.2) is 9.59 Å². The van der Waals surface area contributed by atoms with Crippen LogP contribution in [-0.2, 0) is 25.3 Å². The van der Waals surface area contributed by atoms with Gasteiger partial charge in [0.1, 0.15) is 17.9 Å². The molecule has 0 bridgehead atoms. The van der Waals surface area contributed by atoms with Crippen LogP contribution in [0.4, 0.5) is 15.3 Å². The zero-order chi connectivity index (χ0) is 30.5. The van der Waals surface area contributed by atoms with E-state index in [1.165, 1.54) is 24.3 Å². The maximum Gasteiger partial charge on any atom is 0.412 e. The van der Waals surface area contributed by atoms with Crippen LogP contribution in [0.1, 0.15) is 59.9 Å². The molecule has 13 heteroatoms. The third kappa shape index (κ3) is 9.19. The van der Waals surface area contributed by atoms with Crippen LogP contribution < -0.4 is 11.1 Å². The number of alkyl carbamates (subject to hydrolysis) is 1. The Kier molecular flexibility index (Phi) is 10.7. The van der Waals surface area contributed by atoms with Gasteiger partial charge in [-0.3, -0.25) is 19.8 Å². The second kappa shape index (κ2) is 13.0. The van der Waals surface area contributed by atoms with Crippen LogP contribution in [0.15, 0.2) is 24.3 Å². The van der Waals surface area contributed by atoms with Crippen LogP contribution in [0, 0.1) is 27.4 Å². The molecule has 1 aliphatic heterocycles. The minimum atomic E-state index is -1.82. The summed E-state index contributed by atoms with van der Waals surface area (Å²) in [7, 11) is -1.82. The number of rotatable bonds is 10. The van der Waals surface area contributed by atoms with Gasteiger partial charge in [-0.15, -0.1) is 0 Å². The predicted octanol–water partition coefficient (Wildman–Crippen LogP) is 4.31. The fourth-order valence-electron chi connectivity index (χ4n) is 4.79. The summed E-state index contributed by atoms with van der Waals surface area (Å²) in [6, 6.07) is 5.66. The topological polar surface area (TPSA) is 163 Å². The number of nitro groups is 1. The molecule has 1 heterocycles. The highest BCUT2D eigenvalue weighted by Gasteiger charge is 2.57. The summed E-state index contributed by atoms with van der Waals surface area (Å²) in [5, 5.41) is 13.6. The average molecular weight is 581 g/mol. The van der Waals surface area contributed by atoms with E-state index in [4.69, 9.17) is 19.6 Å². The first-order valence-electron chi connectivity index (χ1n) is 13.4. The van der Waals surface area contributed by atoms with Crippen molar-refractivity contribution >= 4 is 32.8 Å². The molecule has 1 aromatic rings. The summed E-state index contributed by atoms with van der Waals surface area (Å²) in [5.41, 5.74) is 4.00. The second-order valence-corrected chi connectivity index (χ2v) is 15.0. The number of primary amides is 1. The fourth-order valence-corrected chi connectivity index (χ4v) is 6.02. The van der Waals surface area contributed by atoms with Crippen LogP contribution in [0.2, 0.25) is 13.1 Å². The molecule has 0 radical (unpaired) electrons. The quantitative estimate of drug-likeness (QED) is 0.235. The van der Waals surface area contributed by atoms with E-state index in [0.717, 1.165) is 0 Å². The Labute approximate surface area is 237 Å². The predicted molar refractivity (Wildman–Crippen MR) is 152 cm³/mol. The highest BCUT2D eigenvalue weighted by molar-refractivity contribution is 6.48. The molecule has 3 N–H and O–H groups in total. The molecular formula is C27H44N4O8Si. The molecule has 40 heavy (non-hydrogen) atoms. The number of amides is 3. The van der Waals surface area contributed by atoms with E-state index in [-0.39, 0.29) is 36.6 Å². The number of non-ortho nitro benzene ring substituents is 1. The van der Waals surface area contributed by atoms with Crippen molar-refractivity contribution in [3.63, 3.8) is 0 Å². The lowest BCUT2D eigenvalue weighted by Gasteiger charge is -2.45. The minimum Gasteiger partial charge on any atom is -0.445 e. The molecule has 0 spiro atoms. The number of likely N-dealkylation sites (tertiary alicyclic amines) is 1. The summed E-state index contributed by atoms with van der Waals surface area (Å²) >= 11 is 0. The molecule has 0 aromatic heterocycles. The van der Waals surface area contributed by atoms with Gasteiger partial charge in [0.15, 0.2) is 9.04 Å².